The van der Waals surface area contributed by atoms with Crippen molar-refractivity contribution in [1.82, 2.24) is 38.0 Å². The van der Waals surface area contributed by atoms with Crippen LogP contribution in [0.25, 0.3) is 50.4 Å². The van der Waals surface area contributed by atoms with Crippen molar-refractivity contribution in [3.8, 4) is 28.3 Å². The molecule has 2 aromatic carbocycles. The van der Waals surface area contributed by atoms with Gasteiger partial charge in [-0.1, -0.05) is 0 Å². The van der Waals surface area contributed by atoms with Crippen LogP contribution in [0.3, 0.4) is 0 Å². The molecule has 0 fully saturated rings. The Morgan fingerprint density at radius 2 is 1.77 bits per heavy atom. The van der Waals surface area contributed by atoms with Gasteiger partial charge >= 0.3 is 5.69 Å². The van der Waals surface area contributed by atoms with Gasteiger partial charge in [0.05, 0.1) is 46.5 Å². The van der Waals surface area contributed by atoms with Gasteiger partial charge in [-0.15, -0.1) is 0 Å². The fourth-order valence-corrected chi connectivity index (χ4v) is 5.30. The molecule has 9 nitrogen and oxygen atoms in total. The monoisotopic (exact) mass is 534 g/mol. The second kappa shape index (κ2) is 7.51. The summed E-state index contributed by atoms with van der Waals surface area (Å²) in [7, 11) is 7.14. The summed E-state index contributed by atoms with van der Waals surface area (Å²) >= 11 is 3.63. The van der Waals surface area contributed by atoms with Crippen molar-refractivity contribution in [3.05, 3.63) is 70.0 Å². The fourth-order valence-electron chi connectivity index (χ4n) is 4.60. The lowest BCUT2D eigenvalue weighted by atomic mass is 10.1. The van der Waals surface area contributed by atoms with Gasteiger partial charge in [-0.3, -0.25) is 18.4 Å². The molecule has 0 aliphatic carbocycles. The number of nitrogens with zero attached hydrogens (tertiary/aromatic N) is 8. The Hall–Kier alpha value is -3.99. The number of aryl methyl sites for hydroxylation is 4. The number of imidazole rings is 3. The van der Waals surface area contributed by atoms with Crippen LogP contribution in [0.1, 0.15) is 0 Å². The SMILES string of the molecule is Cn1cc(-c2cc3nc(-c4cncn4C)n(-c4cc(Br)c5c(c4)n(C)c(=O)n5C)c3cc2F)cn1. The third-order valence-corrected chi connectivity index (χ3v) is 6.97. The van der Waals surface area contributed by atoms with E-state index in [9.17, 15) is 4.79 Å². The van der Waals surface area contributed by atoms with E-state index in [1.54, 1.807) is 65.9 Å². The minimum absolute atomic E-state index is 0.132. The summed E-state index contributed by atoms with van der Waals surface area (Å²) in [5, 5.41) is 4.17. The Bertz CT molecular complexity index is 1850. The molecule has 0 N–H and O–H groups in total. The maximum atomic E-state index is 15.4. The maximum Gasteiger partial charge on any atom is 0.328 e. The summed E-state index contributed by atoms with van der Waals surface area (Å²) in [6.45, 7) is 0. The molecule has 0 aliphatic heterocycles. The summed E-state index contributed by atoms with van der Waals surface area (Å²) in [5.74, 6) is 0.227. The van der Waals surface area contributed by atoms with Gasteiger partial charge in [-0.25, -0.2) is 19.2 Å². The predicted molar refractivity (Wildman–Crippen MR) is 135 cm³/mol. The van der Waals surface area contributed by atoms with E-state index in [0.29, 0.717) is 28.0 Å². The van der Waals surface area contributed by atoms with Gasteiger partial charge in [0, 0.05) is 56.1 Å². The van der Waals surface area contributed by atoms with Gasteiger partial charge in [0.1, 0.15) is 11.5 Å². The topological polar surface area (TPSA) is 80.4 Å². The number of fused-ring (bicyclic) bond motifs is 2. The Morgan fingerprint density at radius 1 is 0.971 bits per heavy atom. The van der Waals surface area contributed by atoms with Crippen LogP contribution in [0.2, 0.25) is 0 Å². The highest BCUT2D eigenvalue weighted by Gasteiger charge is 2.22. The van der Waals surface area contributed by atoms with Crippen molar-refractivity contribution in [2.75, 3.05) is 0 Å². The van der Waals surface area contributed by atoms with Gasteiger partial charge in [0.15, 0.2) is 5.82 Å². The molecule has 0 aliphatic rings. The van der Waals surface area contributed by atoms with E-state index < -0.39 is 0 Å². The molecule has 0 atom stereocenters. The Balaban J connectivity index is 1.70. The standard InChI is InChI=1S/C24H20BrFN8O/c1-30-12-27-10-21(30)23-29-18-7-15(13-9-28-31(2)11-13)17(26)8-19(18)34(23)14-5-16(25)22-20(6-14)32(3)24(35)33(22)4/h5-12H,1-4H3. The largest absolute Gasteiger partial charge is 0.331 e. The number of halogens is 2. The lowest BCUT2D eigenvalue weighted by molar-refractivity contribution is 0.632. The first-order chi connectivity index (χ1) is 16.7. The van der Waals surface area contributed by atoms with E-state index in [0.717, 1.165) is 26.9 Å². The second-order valence-electron chi connectivity index (χ2n) is 8.58. The summed E-state index contributed by atoms with van der Waals surface area (Å²) < 4.78 is 24.8. The van der Waals surface area contributed by atoms with E-state index in [1.807, 2.05) is 28.3 Å². The molecule has 0 unspecified atom stereocenters. The molecule has 4 heterocycles. The minimum atomic E-state index is -0.379. The molecule has 6 aromatic rings. The van der Waals surface area contributed by atoms with Crippen LogP contribution in [-0.2, 0) is 28.2 Å². The number of hydrogen-bond donors (Lipinski definition) is 0. The molecule has 11 heteroatoms. The van der Waals surface area contributed by atoms with Crippen LogP contribution < -0.4 is 5.69 Å². The molecule has 0 radical (unpaired) electrons. The Labute approximate surface area is 206 Å². The van der Waals surface area contributed by atoms with Gasteiger partial charge in [-0.2, -0.15) is 5.10 Å². The molecular formula is C24H20BrFN8O. The average Bonchev–Trinajstić information content (AvgIpc) is 3.57. The first kappa shape index (κ1) is 21.5. The Kier molecular flexibility index (Phi) is 4.62. The highest BCUT2D eigenvalue weighted by Crippen LogP contribution is 2.35. The maximum absolute atomic E-state index is 15.4. The zero-order valence-electron chi connectivity index (χ0n) is 19.4. The van der Waals surface area contributed by atoms with E-state index in [4.69, 9.17) is 4.98 Å². The molecule has 0 bridgehead atoms. The number of rotatable bonds is 3. The average molecular weight is 535 g/mol. The summed E-state index contributed by atoms with van der Waals surface area (Å²) in [4.78, 5) is 21.7. The van der Waals surface area contributed by atoms with Crippen LogP contribution in [-0.4, -0.2) is 38.0 Å². The van der Waals surface area contributed by atoms with Crippen molar-refractivity contribution in [3.63, 3.8) is 0 Å². The lowest BCUT2D eigenvalue weighted by Crippen LogP contribution is -2.19. The van der Waals surface area contributed by atoms with E-state index in [-0.39, 0.29) is 11.5 Å². The smallest absolute Gasteiger partial charge is 0.328 e. The van der Waals surface area contributed by atoms with Crippen LogP contribution in [0, 0.1) is 5.82 Å². The molecule has 6 rings (SSSR count). The third-order valence-electron chi connectivity index (χ3n) is 6.36. The predicted octanol–water partition coefficient (Wildman–Crippen LogP) is 3.92. The van der Waals surface area contributed by atoms with Crippen LogP contribution >= 0.6 is 15.9 Å². The fraction of sp³-hybridized carbons (Fsp3) is 0.167. The lowest BCUT2D eigenvalue weighted by Gasteiger charge is -2.12. The van der Waals surface area contributed by atoms with Gasteiger partial charge in [0.25, 0.3) is 0 Å². The van der Waals surface area contributed by atoms with Crippen molar-refractivity contribution >= 4 is 38.0 Å². The first-order valence-corrected chi connectivity index (χ1v) is 11.6. The van der Waals surface area contributed by atoms with E-state index in [1.165, 1.54) is 6.07 Å². The molecule has 176 valence electrons. The molecule has 0 amide bonds. The van der Waals surface area contributed by atoms with Gasteiger partial charge in [-0.05, 0) is 34.1 Å². The molecule has 4 aromatic heterocycles. The quantitative estimate of drug-likeness (QED) is 0.344. The number of benzene rings is 2. The second-order valence-corrected chi connectivity index (χ2v) is 9.43. The molecule has 0 spiro atoms. The van der Waals surface area contributed by atoms with Crippen LogP contribution in [0.4, 0.5) is 4.39 Å². The van der Waals surface area contributed by atoms with Crippen molar-refractivity contribution in [2.45, 2.75) is 0 Å². The summed E-state index contributed by atoms with van der Waals surface area (Å²) in [6.07, 6.45) is 6.82. The normalized spacial score (nSPS) is 11.8. The molecule has 35 heavy (non-hydrogen) atoms. The van der Waals surface area contributed by atoms with Crippen molar-refractivity contribution < 1.29 is 4.39 Å². The minimum Gasteiger partial charge on any atom is -0.331 e. The van der Waals surface area contributed by atoms with Gasteiger partial charge < -0.3 is 4.57 Å². The molecule has 0 saturated carbocycles. The van der Waals surface area contributed by atoms with Crippen molar-refractivity contribution in [2.24, 2.45) is 28.2 Å². The highest BCUT2D eigenvalue weighted by atomic mass is 79.9. The number of hydrogen-bond acceptors (Lipinski definition) is 4. The Morgan fingerprint density at radius 3 is 2.46 bits per heavy atom. The summed E-state index contributed by atoms with van der Waals surface area (Å²) in [6, 6.07) is 7.06. The first-order valence-electron chi connectivity index (χ1n) is 10.8. The van der Waals surface area contributed by atoms with Crippen LogP contribution in [0.15, 0.2) is 58.5 Å². The molecular weight excluding hydrogens is 515 g/mol. The van der Waals surface area contributed by atoms with Crippen molar-refractivity contribution in [1.29, 1.82) is 0 Å². The molecule has 0 saturated heterocycles. The zero-order valence-corrected chi connectivity index (χ0v) is 20.9. The number of aromatic nitrogens is 8. The van der Waals surface area contributed by atoms with Gasteiger partial charge in [0.2, 0.25) is 0 Å². The highest BCUT2D eigenvalue weighted by molar-refractivity contribution is 9.10. The summed E-state index contributed by atoms with van der Waals surface area (Å²) in [5.41, 5.74) is 5.21. The third kappa shape index (κ3) is 3.11. The zero-order chi connectivity index (χ0) is 24.6. The van der Waals surface area contributed by atoms with Crippen LogP contribution in [0.5, 0.6) is 0 Å². The van der Waals surface area contributed by atoms with E-state index >= 15 is 4.39 Å². The van der Waals surface area contributed by atoms with E-state index in [2.05, 4.69) is 26.0 Å².